The number of hydrogen-bond acceptors (Lipinski definition) is 4. The van der Waals surface area contributed by atoms with E-state index >= 15 is 0 Å². The zero-order valence-corrected chi connectivity index (χ0v) is 18.9. The van der Waals surface area contributed by atoms with E-state index in [1.165, 1.54) is 6.92 Å². The van der Waals surface area contributed by atoms with Crippen molar-refractivity contribution in [3.8, 4) is 5.75 Å². The summed E-state index contributed by atoms with van der Waals surface area (Å²) in [6.07, 6.45) is 2.20. The van der Waals surface area contributed by atoms with Gasteiger partial charge in [0.05, 0.1) is 12.3 Å². The molecule has 4 rings (SSSR count). The highest BCUT2D eigenvalue weighted by atomic mass is 16.5. The Morgan fingerprint density at radius 1 is 1.09 bits per heavy atom. The van der Waals surface area contributed by atoms with Crippen molar-refractivity contribution in [1.82, 2.24) is 15.5 Å². The van der Waals surface area contributed by atoms with Crippen molar-refractivity contribution in [2.24, 2.45) is 0 Å². The maximum atomic E-state index is 13.0. The Morgan fingerprint density at radius 2 is 1.82 bits per heavy atom. The number of para-hydroxylation sites is 1. The second-order valence-corrected chi connectivity index (χ2v) is 8.39. The Kier molecular flexibility index (Phi) is 7.12. The number of fused-ring (bicyclic) bond motifs is 1. The predicted molar refractivity (Wildman–Crippen MR) is 125 cm³/mol. The van der Waals surface area contributed by atoms with Gasteiger partial charge in [-0.25, -0.2) is 4.79 Å². The Hall–Kier alpha value is -3.55. The summed E-state index contributed by atoms with van der Waals surface area (Å²) in [5, 5.41) is 5.68. The van der Waals surface area contributed by atoms with Gasteiger partial charge in [0.1, 0.15) is 5.75 Å². The lowest BCUT2D eigenvalue weighted by Gasteiger charge is -2.41. The van der Waals surface area contributed by atoms with Crippen LogP contribution in [0.4, 0.5) is 10.5 Å². The molecule has 0 aliphatic carbocycles. The third-order valence-corrected chi connectivity index (χ3v) is 6.08. The normalized spacial score (nSPS) is 16.1. The number of piperidine rings is 1. The molecule has 1 saturated heterocycles. The molecule has 0 saturated carbocycles. The summed E-state index contributed by atoms with van der Waals surface area (Å²) in [6, 6.07) is 15.1. The van der Waals surface area contributed by atoms with Gasteiger partial charge in [-0.2, -0.15) is 0 Å². The molecule has 2 N–H and O–H groups in total. The number of ether oxygens (including phenoxy) is 1. The molecular weight excluding hydrogens is 420 g/mol. The van der Waals surface area contributed by atoms with Crippen LogP contribution in [-0.2, 0) is 11.3 Å². The monoisotopic (exact) mass is 450 g/mol. The number of nitrogens with one attached hydrogen (secondary N) is 2. The van der Waals surface area contributed by atoms with Gasteiger partial charge in [-0.15, -0.1) is 0 Å². The highest BCUT2D eigenvalue weighted by Gasteiger charge is 2.33. The van der Waals surface area contributed by atoms with Crippen LogP contribution in [0.2, 0.25) is 0 Å². The summed E-state index contributed by atoms with van der Waals surface area (Å²) in [7, 11) is 0. The van der Waals surface area contributed by atoms with E-state index in [0.717, 1.165) is 24.1 Å². The van der Waals surface area contributed by atoms with E-state index in [1.54, 1.807) is 24.3 Å². The number of likely N-dealkylation sites (tertiary alicyclic amines) is 1. The van der Waals surface area contributed by atoms with E-state index in [9.17, 15) is 14.4 Å². The lowest BCUT2D eigenvalue weighted by Crippen LogP contribution is -2.54. The first kappa shape index (κ1) is 22.6. The molecule has 0 aromatic heterocycles. The Balaban J connectivity index is 1.29. The molecule has 1 fully saturated rings. The van der Waals surface area contributed by atoms with Gasteiger partial charge in [0.15, 0.2) is 0 Å². The van der Waals surface area contributed by atoms with Crippen molar-refractivity contribution in [2.45, 2.75) is 38.8 Å². The number of urea groups is 1. The summed E-state index contributed by atoms with van der Waals surface area (Å²) in [5.41, 5.74) is 2.71. The van der Waals surface area contributed by atoms with Gasteiger partial charge < -0.3 is 20.3 Å². The van der Waals surface area contributed by atoms with E-state index in [2.05, 4.69) is 10.6 Å². The quantitative estimate of drug-likeness (QED) is 0.635. The fraction of sp³-hybridized carbons (Fsp3) is 0.400. The van der Waals surface area contributed by atoms with Crippen LogP contribution in [0.5, 0.6) is 5.75 Å². The minimum absolute atomic E-state index is 0.00541. The van der Waals surface area contributed by atoms with Crippen LogP contribution < -0.4 is 20.3 Å². The number of carbonyl (C=O) groups excluding carboxylic acids is 3. The molecule has 33 heavy (non-hydrogen) atoms. The van der Waals surface area contributed by atoms with Crippen LogP contribution in [0, 0.1) is 0 Å². The summed E-state index contributed by atoms with van der Waals surface area (Å²) in [6.45, 7) is 4.33. The zero-order valence-electron chi connectivity index (χ0n) is 18.9. The second kappa shape index (κ2) is 10.4. The number of benzene rings is 2. The molecule has 0 atom stereocenters. The summed E-state index contributed by atoms with van der Waals surface area (Å²) < 4.78 is 5.67. The van der Waals surface area contributed by atoms with Crippen molar-refractivity contribution < 1.29 is 19.1 Å². The van der Waals surface area contributed by atoms with Gasteiger partial charge in [0.25, 0.3) is 5.91 Å². The molecule has 8 nitrogen and oxygen atoms in total. The number of rotatable bonds is 7. The van der Waals surface area contributed by atoms with Crippen molar-refractivity contribution in [2.75, 3.05) is 31.1 Å². The van der Waals surface area contributed by atoms with Crippen LogP contribution in [-0.4, -0.2) is 55.0 Å². The lowest BCUT2D eigenvalue weighted by atomic mass is 9.99. The zero-order chi connectivity index (χ0) is 23.2. The maximum absolute atomic E-state index is 13.0. The van der Waals surface area contributed by atoms with E-state index in [4.69, 9.17) is 4.74 Å². The average Bonchev–Trinajstić information content (AvgIpc) is 2.84. The molecule has 0 unspecified atom stereocenters. The Labute approximate surface area is 193 Å². The average molecular weight is 451 g/mol. The largest absolute Gasteiger partial charge is 0.494 e. The SMILES string of the molecule is CC(=O)NCCCOc1ccc(C(=O)N2CCC(N3C(=O)NCc4ccccc43)CC2)cc1. The van der Waals surface area contributed by atoms with E-state index in [0.29, 0.717) is 50.5 Å². The van der Waals surface area contributed by atoms with Crippen molar-refractivity contribution in [3.63, 3.8) is 0 Å². The summed E-state index contributed by atoms with van der Waals surface area (Å²) >= 11 is 0. The lowest BCUT2D eigenvalue weighted by molar-refractivity contribution is -0.118. The number of amides is 4. The molecule has 0 radical (unpaired) electrons. The van der Waals surface area contributed by atoms with E-state index in [1.807, 2.05) is 34.1 Å². The third-order valence-electron chi connectivity index (χ3n) is 6.08. The standard InChI is InChI=1S/C25H30N4O4/c1-18(30)26-13-4-16-33-22-9-7-19(8-10-22)24(31)28-14-11-21(12-15-28)29-23-6-3-2-5-20(23)17-27-25(29)32/h2-3,5-10,21H,4,11-17H2,1H3,(H,26,30)(H,27,32). The fourth-order valence-corrected chi connectivity index (χ4v) is 4.35. The van der Waals surface area contributed by atoms with E-state index < -0.39 is 0 Å². The second-order valence-electron chi connectivity index (χ2n) is 8.39. The number of hydrogen-bond donors (Lipinski definition) is 2. The van der Waals surface area contributed by atoms with Crippen LogP contribution in [0.3, 0.4) is 0 Å². The van der Waals surface area contributed by atoms with Gasteiger partial charge in [-0.05, 0) is 55.2 Å². The Morgan fingerprint density at radius 3 is 2.55 bits per heavy atom. The van der Waals surface area contributed by atoms with Gasteiger partial charge >= 0.3 is 6.03 Å². The molecule has 0 spiro atoms. The van der Waals surface area contributed by atoms with Gasteiger partial charge in [0.2, 0.25) is 5.91 Å². The highest BCUT2D eigenvalue weighted by Crippen LogP contribution is 2.30. The first-order valence-electron chi connectivity index (χ1n) is 11.4. The fourth-order valence-electron chi connectivity index (χ4n) is 4.35. The molecule has 2 aromatic carbocycles. The third kappa shape index (κ3) is 5.45. The predicted octanol–water partition coefficient (Wildman–Crippen LogP) is 2.93. The number of anilines is 1. The van der Waals surface area contributed by atoms with Crippen LogP contribution in [0.1, 0.15) is 42.1 Å². The molecule has 2 aliphatic rings. The number of nitrogens with zero attached hydrogens (tertiary/aromatic N) is 2. The van der Waals surface area contributed by atoms with Gasteiger partial charge in [-0.1, -0.05) is 18.2 Å². The summed E-state index contributed by atoms with van der Waals surface area (Å²) in [5.74, 6) is 0.642. The highest BCUT2D eigenvalue weighted by molar-refractivity contribution is 5.96. The summed E-state index contributed by atoms with van der Waals surface area (Å²) in [4.78, 5) is 40.1. The first-order valence-corrected chi connectivity index (χ1v) is 11.4. The van der Waals surface area contributed by atoms with Gasteiger partial charge in [-0.3, -0.25) is 14.5 Å². The molecule has 2 aromatic rings. The van der Waals surface area contributed by atoms with Crippen molar-refractivity contribution >= 4 is 23.5 Å². The minimum atomic E-state index is -0.0638. The topological polar surface area (TPSA) is 91.0 Å². The number of carbonyl (C=O) groups is 3. The van der Waals surface area contributed by atoms with Crippen molar-refractivity contribution in [1.29, 1.82) is 0 Å². The van der Waals surface area contributed by atoms with Gasteiger partial charge in [0, 0.05) is 44.7 Å². The molecule has 174 valence electrons. The first-order chi connectivity index (χ1) is 16.0. The van der Waals surface area contributed by atoms with Crippen LogP contribution in [0.25, 0.3) is 0 Å². The molecule has 2 heterocycles. The van der Waals surface area contributed by atoms with E-state index in [-0.39, 0.29) is 23.9 Å². The smallest absolute Gasteiger partial charge is 0.322 e. The van der Waals surface area contributed by atoms with Crippen LogP contribution in [0.15, 0.2) is 48.5 Å². The maximum Gasteiger partial charge on any atom is 0.322 e. The molecule has 2 aliphatic heterocycles. The van der Waals surface area contributed by atoms with Crippen molar-refractivity contribution in [3.05, 3.63) is 59.7 Å². The molecular formula is C25H30N4O4. The molecule has 0 bridgehead atoms. The minimum Gasteiger partial charge on any atom is -0.494 e. The Bertz CT molecular complexity index is 1000. The van der Waals surface area contributed by atoms with Crippen LogP contribution >= 0.6 is 0 Å². The molecule has 8 heteroatoms. The molecule has 4 amide bonds.